The highest BCUT2D eigenvalue weighted by molar-refractivity contribution is 7.91. The molecule has 0 fully saturated rings. The second-order valence-corrected chi connectivity index (χ2v) is 8.61. The zero-order valence-corrected chi connectivity index (χ0v) is 15.1. The van der Waals surface area contributed by atoms with Crippen LogP contribution in [0.5, 0.6) is 0 Å². The van der Waals surface area contributed by atoms with Crippen LogP contribution < -0.4 is 5.32 Å². The Bertz CT molecular complexity index is 1090. The quantitative estimate of drug-likeness (QED) is 0.695. The molecule has 8 heteroatoms. The highest BCUT2D eigenvalue weighted by Crippen LogP contribution is 2.36. The van der Waals surface area contributed by atoms with Crippen molar-refractivity contribution in [2.24, 2.45) is 0 Å². The molecule has 0 saturated heterocycles. The normalized spacial score (nSPS) is 14.7. The summed E-state index contributed by atoms with van der Waals surface area (Å²) >= 11 is 12.1. The largest absolute Gasteiger partial charge is 0.459 e. The molecular weight excluding hydrogens is 388 g/mol. The lowest BCUT2D eigenvalue weighted by atomic mass is 10.1. The van der Waals surface area contributed by atoms with Gasteiger partial charge in [-0.05, 0) is 30.3 Å². The molecule has 130 valence electrons. The second-order valence-electron chi connectivity index (χ2n) is 5.82. The minimum atomic E-state index is -3.97. The van der Waals surface area contributed by atoms with Crippen LogP contribution in [0, 0.1) is 5.82 Å². The van der Waals surface area contributed by atoms with E-state index in [0.29, 0.717) is 23.9 Å². The molecule has 25 heavy (non-hydrogen) atoms. The van der Waals surface area contributed by atoms with E-state index < -0.39 is 15.7 Å². The number of halogens is 3. The fourth-order valence-corrected chi connectivity index (χ4v) is 4.99. The van der Waals surface area contributed by atoms with Crippen LogP contribution >= 0.6 is 23.2 Å². The predicted octanol–water partition coefficient (Wildman–Crippen LogP) is 4.36. The number of hydrogen-bond acceptors (Lipinski definition) is 4. The third kappa shape index (κ3) is 2.83. The average molecular weight is 400 g/mol. The fraction of sp³-hybridized carbons (Fsp3) is 0.176. The van der Waals surface area contributed by atoms with Crippen molar-refractivity contribution in [1.82, 2.24) is 5.32 Å². The topological polar surface area (TPSA) is 59.3 Å². The van der Waals surface area contributed by atoms with E-state index in [2.05, 4.69) is 5.32 Å². The molecular formula is C17H12Cl2FNO3S. The van der Waals surface area contributed by atoms with Gasteiger partial charge in [0.15, 0.2) is 5.58 Å². The van der Waals surface area contributed by atoms with E-state index in [4.69, 9.17) is 27.6 Å². The minimum Gasteiger partial charge on any atom is -0.459 e. The summed E-state index contributed by atoms with van der Waals surface area (Å²) in [4.78, 5) is -0.246. The summed E-state index contributed by atoms with van der Waals surface area (Å²) in [6, 6.07) is 6.04. The minimum absolute atomic E-state index is 0.00985. The molecule has 0 aliphatic carbocycles. The molecule has 0 spiro atoms. The Labute approximate surface area is 153 Å². The average Bonchev–Trinajstić information content (AvgIpc) is 2.93. The number of nitrogens with one attached hydrogen (secondary N) is 1. The molecule has 0 unspecified atom stereocenters. The van der Waals surface area contributed by atoms with E-state index >= 15 is 0 Å². The van der Waals surface area contributed by atoms with E-state index in [1.165, 1.54) is 18.2 Å². The smallest absolute Gasteiger partial charge is 0.206 e. The van der Waals surface area contributed by atoms with Gasteiger partial charge in [0.25, 0.3) is 0 Å². The van der Waals surface area contributed by atoms with Gasteiger partial charge >= 0.3 is 0 Å². The van der Waals surface area contributed by atoms with Gasteiger partial charge in [0.2, 0.25) is 9.84 Å². The molecule has 4 rings (SSSR count). The maximum absolute atomic E-state index is 13.6. The number of sulfone groups is 1. The standard InChI is InChI=1S/C17H12Cl2FNO3S/c18-9-3-10(20)5-11(4-9)25(22,23)12-6-13-14-8-21-2-1-16(14)24-17(13)15(19)7-12/h3-7,21H,1-2,8H2. The first-order chi connectivity index (χ1) is 11.9. The molecule has 0 saturated carbocycles. The molecule has 0 radical (unpaired) electrons. The van der Waals surface area contributed by atoms with Crippen molar-refractivity contribution < 1.29 is 17.2 Å². The predicted molar refractivity (Wildman–Crippen MR) is 93.5 cm³/mol. The van der Waals surface area contributed by atoms with Crippen molar-refractivity contribution in [3.05, 3.63) is 57.5 Å². The van der Waals surface area contributed by atoms with Crippen LogP contribution in [0.3, 0.4) is 0 Å². The van der Waals surface area contributed by atoms with E-state index in [0.717, 1.165) is 30.0 Å². The summed E-state index contributed by atoms with van der Waals surface area (Å²) in [5, 5.41) is 4.08. The molecule has 1 aliphatic rings. The van der Waals surface area contributed by atoms with E-state index in [1.807, 2.05) is 0 Å². The Morgan fingerprint density at radius 3 is 2.60 bits per heavy atom. The summed E-state index contributed by atoms with van der Waals surface area (Å²) in [7, 11) is -3.97. The van der Waals surface area contributed by atoms with Crippen molar-refractivity contribution in [3.63, 3.8) is 0 Å². The van der Waals surface area contributed by atoms with Gasteiger partial charge in [0.05, 0.1) is 14.8 Å². The molecule has 0 atom stereocenters. The van der Waals surface area contributed by atoms with Gasteiger partial charge < -0.3 is 9.73 Å². The van der Waals surface area contributed by atoms with E-state index in [9.17, 15) is 12.8 Å². The summed E-state index contributed by atoms with van der Waals surface area (Å²) in [5.41, 5.74) is 1.36. The van der Waals surface area contributed by atoms with Gasteiger partial charge in [-0.3, -0.25) is 0 Å². The Balaban J connectivity index is 1.94. The van der Waals surface area contributed by atoms with Crippen molar-refractivity contribution in [1.29, 1.82) is 0 Å². The second kappa shape index (κ2) is 5.99. The SMILES string of the molecule is O=S(=O)(c1cc(F)cc(Cl)c1)c1cc(Cl)c2oc3c(c2c1)CNCC3. The Hall–Kier alpha value is -1.60. The number of hydrogen-bond donors (Lipinski definition) is 1. The summed E-state index contributed by atoms with van der Waals surface area (Å²) in [5.74, 6) is 0.0853. The van der Waals surface area contributed by atoms with Crippen LogP contribution in [0.25, 0.3) is 11.0 Å². The van der Waals surface area contributed by atoms with Gasteiger partial charge in [0, 0.05) is 35.5 Å². The van der Waals surface area contributed by atoms with Crippen LogP contribution in [0.1, 0.15) is 11.3 Å². The molecule has 2 heterocycles. The van der Waals surface area contributed by atoms with Crippen molar-refractivity contribution in [3.8, 4) is 0 Å². The van der Waals surface area contributed by atoms with Crippen molar-refractivity contribution >= 4 is 44.0 Å². The van der Waals surface area contributed by atoms with Gasteiger partial charge in [-0.15, -0.1) is 0 Å². The lowest BCUT2D eigenvalue weighted by molar-refractivity contribution is 0.500. The number of fused-ring (bicyclic) bond motifs is 3. The fourth-order valence-electron chi connectivity index (χ4n) is 3.02. The number of furan rings is 1. The first-order valence-corrected chi connectivity index (χ1v) is 9.76. The monoisotopic (exact) mass is 399 g/mol. The Kier molecular flexibility index (Phi) is 4.03. The number of rotatable bonds is 2. The van der Waals surface area contributed by atoms with Crippen molar-refractivity contribution in [2.75, 3.05) is 6.54 Å². The summed E-state index contributed by atoms with van der Waals surface area (Å²) in [6.45, 7) is 1.37. The molecule has 0 bridgehead atoms. The maximum Gasteiger partial charge on any atom is 0.206 e. The van der Waals surface area contributed by atoms with Crippen LogP contribution in [0.4, 0.5) is 4.39 Å². The zero-order valence-electron chi connectivity index (χ0n) is 12.8. The lowest BCUT2D eigenvalue weighted by Gasteiger charge is -2.11. The van der Waals surface area contributed by atoms with E-state index in [-0.39, 0.29) is 19.8 Å². The van der Waals surface area contributed by atoms with E-state index in [1.54, 1.807) is 0 Å². The Morgan fingerprint density at radius 1 is 1.08 bits per heavy atom. The van der Waals surface area contributed by atoms with Crippen LogP contribution in [0.15, 0.2) is 44.5 Å². The third-order valence-corrected chi connectivity index (χ3v) is 6.40. The van der Waals surface area contributed by atoms with Gasteiger partial charge in [-0.2, -0.15) is 0 Å². The van der Waals surface area contributed by atoms with Gasteiger partial charge in [-0.25, -0.2) is 12.8 Å². The first kappa shape index (κ1) is 16.8. The van der Waals surface area contributed by atoms with Crippen LogP contribution in [0.2, 0.25) is 10.0 Å². The molecule has 1 N–H and O–H groups in total. The van der Waals surface area contributed by atoms with Crippen molar-refractivity contribution in [2.45, 2.75) is 22.8 Å². The molecule has 4 nitrogen and oxygen atoms in total. The van der Waals surface area contributed by atoms with Crippen LogP contribution in [-0.2, 0) is 22.8 Å². The summed E-state index contributed by atoms with van der Waals surface area (Å²) in [6.07, 6.45) is 0.710. The van der Waals surface area contributed by atoms with Gasteiger partial charge in [-0.1, -0.05) is 23.2 Å². The third-order valence-electron chi connectivity index (χ3n) is 4.19. The zero-order chi connectivity index (χ0) is 17.8. The molecule has 1 aliphatic heterocycles. The van der Waals surface area contributed by atoms with Crippen LogP contribution in [-0.4, -0.2) is 15.0 Å². The maximum atomic E-state index is 13.6. The highest BCUT2D eigenvalue weighted by Gasteiger charge is 2.25. The molecule has 1 aromatic heterocycles. The Morgan fingerprint density at radius 2 is 1.84 bits per heavy atom. The summed E-state index contributed by atoms with van der Waals surface area (Å²) < 4.78 is 45.2. The molecule has 3 aromatic rings. The highest BCUT2D eigenvalue weighted by atomic mass is 35.5. The molecule has 0 amide bonds. The van der Waals surface area contributed by atoms with Gasteiger partial charge in [0.1, 0.15) is 11.6 Å². The first-order valence-electron chi connectivity index (χ1n) is 7.52. The molecule has 2 aromatic carbocycles. The number of benzene rings is 2. The lowest BCUT2D eigenvalue weighted by Crippen LogP contribution is -2.22.